The monoisotopic (exact) mass is 551 g/mol. The first-order valence-corrected chi connectivity index (χ1v) is 10.9. The number of hydrogen-bond donors (Lipinski definition) is 3. The van der Waals surface area contributed by atoms with Gasteiger partial charge < -0.3 is 20.7 Å². The van der Waals surface area contributed by atoms with E-state index in [0.29, 0.717) is 16.8 Å². The maximum Gasteiger partial charge on any atom is 0.338 e. The number of thiocarbonyl (C=S) groups is 1. The van der Waals surface area contributed by atoms with Crippen LogP contribution in [0.3, 0.4) is 0 Å². The second kappa shape index (κ2) is 11.2. The van der Waals surface area contributed by atoms with E-state index in [1.54, 1.807) is 55.5 Å². The molecule has 0 bridgehead atoms. The molecular weight excluding hydrogens is 537 g/mol. The smallest absolute Gasteiger partial charge is 0.338 e. The standard InChI is InChI=1S/C19H17BrCl3N3O3S/c1-2-29-16(28)11-6-8-14(9-7-11)24-18(30)26-17(19(21,22)23)25-15(27)12-4-3-5-13(20)10-12/h3-10,17H,2H2,1H3,(H,25,27)(H2,24,26,30). The van der Waals surface area contributed by atoms with Crippen molar-refractivity contribution in [3.63, 3.8) is 0 Å². The topological polar surface area (TPSA) is 79.5 Å². The Morgan fingerprint density at radius 1 is 1.10 bits per heavy atom. The number of esters is 1. The molecule has 30 heavy (non-hydrogen) atoms. The van der Waals surface area contributed by atoms with Crippen LogP contribution in [0.5, 0.6) is 0 Å². The van der Waals surface area contributed by atoms with Gasteiger partial charge in [0, 0.05) is 15.7 Å². The molecule has 6 nitrogen and oxygen atoms in total. The van der Waals surface area contributed by atoms with Gasteiger partial charge in [0.25, 0.3) is 5.91 Å². The highest BCUT2D eigenvalue weighted by molar-refractivity contribution is 9.10. The largest absolute Gasteiger partial charge is 0.462 e. The van der Waals surface area contributed by atoms with Crippen molar-refractivity contribution in [1.82, 2.24) is 10.6 Å². The second-order valence-corrected chi connectivity index (χ2v) is 9.55. The van der Waals surface area contributed by atoms with E-state index in [4.69, 9.17) is 51.8 Å². The van der Waals surface area contributed by atoms with Crippen LogP contribution >= 0.6 is 63.0 Å². The zero-order chi connectivity index (χ0) is 22.3. The van der Waals surface area contributed by atoms with Crippen molar-refractivity contribution in [1.29, 1.82) is 0 Å². The van der Waals surface area contributed by atoms with E-state index in [9.17, 15) is 9.59 Å². The first kappa shape index (κ1) is 24.7. The number of rotatable bonds is 6. The van der Waals surface area contributed by atoms with Crippen LogP contribution in [-0.4, -0.2) is 33.6 Å². The predicted octanol–water partition coefficient (Wildman–Crippen LogP) is 5.04. The Morgan fingerprint density at radius 2 is 1.77 bits per heavy atom. The lowest BCUT2D eigenvalue weighted by Crippen LogP contribution is -2.56. The summed E-state index contributed by atoms with van der Waals surface area (Å²) in [5.74, 6) is -0.877. The Morgan fingerprint density at radius 3 is 2.33 bits per heavy atom. The molecule has 2 aromatic carbocycles. The van der Waals surface area contributed by atoms with Gasteiger partial charge in [-0.2, -0.15) is 0 Å². The molecule has 0 spiro atoms. The van der Waals surface area contributed by atoms with E-state index in [-0.39, 0.29) is 11.7 Å². The summed E-state index contributed by atoms with van der Waals surface area (Å²) >= 11 is 26.6. The molecule has 0 saturated heterocycles. The van der Waals surface area contributed by atoms with E-state index < -0.39 is 21.8 Å². The van der Waals surface area contributed by atoms with Crippen molar-refractivity contribution in [2.75, 3.05) is 11.9 Å². The summed E-state index contributed by atoms with van der Waals surface area (Å²) in [6.45, 7) is 2.02. The molecule has 3 N–H and O–H groups in total. The van der Waals surface area contributed by atoms with Gasteiger partial charge in [-0.1, -0.05) is 56.8 Å². The lowest BCUT2D eigenvalue weighted by atomic mass is 10.2. The fraction of sp³-hybridized carbons (Fsp3) is 0.211. The maximum atomic E-state index is 12.5. The van der Waals surface area contributed by atoms with Crippen molar-refractivity contribution < 1.29 is 14.3 Å². The minimum atomic E-state index is -1.89. The Kier molecular flexibility index (Phi) is 9.18. The minimum Gasteiger partial charge on any atom is -0.462 e. The van der Waals surface area contributed by atoms with Gasteiger partial charge in [0.15, 0.2) is 5.11 Å². The number of amides is 1. The first-order chi connectivity index (χ1) is 14.1. The number of benzene rings is 2. The Balaban J connectivity index is 2.03. The van der Waals surface area contributed by atoms with Gasteiger partial charge in [-0.05, 0) is 61.6 Å². The van der Waals surface area contributed by atoms with Gasteiger partial charge >= 0.3 is 5.97 Å². The number of alkyl halides is 3. The molecule has 1 unspecified atom stereocenters. The van der Waals surface area contributed by atoms with E-state index in [0.717, 1.165) is 4.47 Å². The molecule has 0 aliphatic rings. The minimum absolute atomic E-state index is 0.102. The molecule has 1 atom stereocenters. The molecule has 0 radical (unpaired) electrons. The van der Waals surface area contributed by atoms with Crippen LogP contribution in [0, 0.1) is 0 Å². The van der Waals surface area contributed by atoms with Crippen molar-refractivity contribution in [3.8, 4) is 0 Å². The Bertz CT molecular complexity index is 923. The van der Waals surface area contributed by atoms with E-state index in [1.807, 2.05) is 0 Å². The lowest BCUT2D eigenvalue weighted by molar-refractivity contribution is 0.0526. The average molecular weight is 554 g/mol. The molecule has 0 fully saturated rings. The molecule has 1 amide bonds. The highest BCUT2D eigenvalue weighted by Gasteiger charge is 2.35. The van der Waals surface area contributed by atoms with E-state index >= 15 is 0 Å². The number of halogens is 4. The summed E-state index contributed by atoms with van der Waals surface area (Å²) in [5, 5.41) is 8.37. The summed E-state index contributed by atoms with van der Waals surface area (Å²) in [7, 11) is 0. The number of hydrogen-bond acceptors (Lipinski definition) is 4. The highest BCUT2D eigenvalue weighted by atomic mass is 79.9. The molecule has 11 heteroatoms. The number of ether oxygens (including phenoxy) is 1. The van der Waals surface area contributed by atoms with Crippen LogP contribution in [0.25, 0.3) is 0 Å². The quantitative estimate of drug-likeness (QED) is 0.201. The van der Waals surface area contributed by atoms with Gasteiger partial charge in [-0.15, -0.1) is 0 Å². The third-order valence-corrected chi connectivity index (χ3v) is 4.99. The zero-order valence-corrected chi connectivity index (χ0v) is 20.2. The number of nitrogens with one attached hydrogen (secondary N) is 3. The zero-order valence-electron chi connectivity index (χ0n) is 15.5. The van der Waals surface area contributed by atoms with Crippen LogP contribution < -0.4 is 16.0 Å². The Hall–Kier alpha value is -1.58. The van der Waals surface area contributed by atoms with Gasteiger partial charge in [-0.3, -0.25) is 4.79 Å². The third kappa shape index (κ3) is 7.59. The molecule has 0 saturated carbocycles. The maximum absolute atomic E-state index is 12.5. The van der Waals surface area contributed by atoms with Gasteiger partial charge in [0.05, 0.1) is 12.2 Å². The number of anilines is 1. The molecule has 0 heterocycles. The first-order valence-electron chi connectivity index (χ1n) is 8.58. The molecular formula is C19H17BrCl3N3O3S. The summed E-state index contributed by atoms with van der Waals surface area (Å²) in [4.78, 5) is 24.2. The summed E-state index contributed by atoms with van der Waals surface area (Å²) in [6, 6.07) is 13.2. The average Bonchev–Trinajstić information content (AvgIpc) is 2.67. The van der Waals surface area contributed by atoms with Crippen molar-refractivity contribution in [3.05, 3.63) is 64.1 Å². The van der Waals surface area contributed by atoms with Gasteiger partial charge in [0.2, 0.25) is 3.79 Å². The third-order valence-electron chi connectivity index (χ3n) is 3.62. The van der Waals surface area contributed by atoms with Gasteiger partial charge in [0.1, 0.15) is 6.17 Å². The highest BCUT2D eigenvalue weighted by Crippen LogP contribution is 2.29. The fourth-order valence-electron chi connectivity index (χ4n) is 2.25. The van der Waals surface area contributed by atoms with Crippen molar-refractivity contribution in [2.24, 2.45) is 0 Å². The van der Waals surface area contributed by atoms with E-state index in [1.165, 1.54) is 0 Å². The second-order valence-electron chi connectivity index (χ2n) is 5.85. The predicted molar refractivity (Wildman–Crippen MR) is 127 cm³/mol. The van der Waals surface area contributed by atoms with Crippen LogP contribution in [-0.2, 0) is 4.74 Å². The molecule has 160 valence electrons. The number of carbonyl (C=O) groups is 2. The van der Waals surface area contributed by atoms with Crippen LogP contribution in [0.2, 0.25) is 0 Å². The van der Waals surface area contributed by atoms with E-state index in [2.05, 4.69) is 31.9 Å². The van der Waals surface area contributed by atoms with Crippen molar-refractivity contribution in [2.45, 2.75) is 16.9 Å². The summed E-state index contributed by atoms with van der Waals surface area (Å²) in [5.41, 5.74) is 1.36. The molecule has 0 aromatic heterocycles. The summed E-state index contributed by atoms with van der Waals surface area (Å²) in [6.07, 6.45) is -1.12. The molecule has 0 aliphatic carbocycles. The van der Waals surface area contributed by atoms with Crippen molar-refractivity contribution >= 4 is 85.6 Å². The molecule has 2 aromatic rings. The normalized spacial score (nSPS) is 11.9. The number of carbonyl (C=O) groups excluding carboxylic acids is 2. The lowest BCUT2D eigenvalue weighted by Gasteiger charge is -2.27. The molecule has 2 rings (SSSR count). The van der Waals surface area contributed by atoms with Crippen LogP contribution in [0.1, 0.15) is 27.6 Å². The van der Waals surface area contributed by atoms with Crippen LogP contribution in [0.15, 0.2) is 53.0 Å². The van der Waals surface area contributed by atoms with Gasteiger partial charge in [-0.25, -0.2) is 4.79 Å². The fourth-order valence-corrected chi connectivity index (χ4v) is 3.21. The van der Waals surface area contributed by atoms with Crippen LogP contribution in [0.4, 0.5) is 5.69 Å². The SMILES string of the molecule is CCOC(=O)c1ccc(NC(=S)NC(NC(=O)c2cccc(Br)c2)C(Cl)(Cl)Cl)cc1. The Labute approximate surface area is 202 Å². The summed E-state index contributed by atoms with van der Waals surface area (Å²) < 4.78 is 3.78. The molecule has 0 aliphatic heterocycles.